The first kappa shape index (κ1) is 10.4. The van der Waals surface area contributed by atoms with Crippen LogP contribution in [-0.4, -0.2) is 0 Å². The third-order valence-electron chi connectivity index (χ3n) is 5.48. The Morgan fingerprint density at radius 3 is 2.18 bits per heavy atom. The maximum Gasteiger partial charge on any atom is 0.0455 e. The highest BCUT2D eigenvalue weighted by Gasteiger charge is 2.50. The van der Waals surface area contributed by atoms with Crippen LogP contribution in [-0.2, 0) is 6.42 Å². The van der Waals surface area contributed by atoms with E-state index in [2.05, 4.69) is 11.4 Å². The van der Waals surface area contributed by atoms with Gasteiger partial charge in [-0.15, -0.1) is 11.3 Å². The van der Waals surface area contributed by atoms with Crippen LogP contribution in [0.2, 0.25) is 0 Å². The van der Waals surface area contributed by atoms with Crippen molar-refractivity contribution in [2.24, 2.45) is 23.2 Å². The van der Waals surface area contributed by atoms with Crippen molar-refractivity contribution in [1.82, 2.24) is 0 Å². The van der Waals surface area contributed by atoms with Gasteiger partial charge in [0.05, 0.1) is 0 Å². The molecule has 4 bridgehead atoms. The van der Waals surface area contributed by atoms with Crippen molar-refractivity contribution < 1.29 is 0 Å². The maximum absolute atomic E-state index is 6.08. The fourth-order valence-corrected chi connectivity index (χ4v) is 6.31. The van der Waals surface area contributed by atoms with Crippen LogP contribution in [0.25, 0.3) is 0 Å². The quantitative estimate of drug-likeness (QED) is 0.837. The zero-order valence-electron chi connectivity index (χ0n) is 10.3. The summed E-state index contributed by atoms with van der Waals surface area (Å²) >= 11 is 1.87. The second-order valence-corrected chi connectivity index (χ2v) is 7.89. The second kappa shape index (κ2) is 3.50. The molecule has 0 saturated heterocycles. The van der Waals surface area contributed by atoms with Crippen molar-refractivity contribution in [3.63, 3.8) is 0 Å². The standard InChI is InChI=1S/C15H21NS/c16-13-1-2-17-14(13)9-15-6-10-3-11(7-15)5-12(4-10)8-15/h1-2,10-12H,3-9,16H2. The van der Waals surface area contributed by atoms with Crippen molar-refractivity contribution in [2.75, 3.05) is 5.73 Å². The number of rotatable bonds is 2. The molecule has 2 N–H and O–H groups in total. The summed E-state index contributed by atoms with van der Waals surface area (Å²) in [5.41, 5.74) is 7.77. The van der Waals surface area contributed by atoms with Gasteiger partial charge < -0.3 is 5.73 Å². The maximum atomic E-state index is 6.08. The van der Waals surface area contributed by atoms with E-state index in [1.807, 2.05) is 11.3 Å². The Morgan fingerprint density at radius 2 is 1.71 bits per heavy atom. The molecule has 4 aliphatic rings. The van der Waals surface area contributed by atoms with Crippen molar-refractivity contribution in [2.45, 2.75) is 44.9 Å². The molecule has 0 radical (unpaired) electrons. The Kier molecular flexibility index (Phi) is 2.15. The predicted octanol–water partition coefficient (Wildman–Crippen LogP) is 4.09. The van der Waals surface area contributed by atoms with E-state index in [0.29, 0.717) is 5.41 Å². The van der Waals surface area contributed by atoms with Crippen LogP contribution in [0.1, 0.15) is 43.4 Å². The second-order valence-electron chi connectivity index (χ2n) is 6.89. The van der Waals surface area contributed by atoms with E-state index >= 15 is 0 Å². The average Bonchev–Trinajstić information content (AvgIpc) is 2.61. The van der Waals surface area contributed by atoms with Gasteiger partial charge in [0.25, 0.3) is 0 Å². The molecule has 1 heterocycles. The van der Waals surface area contributed by atoms with Crippen molar-refractivity contribution in [3.8, 4) is 0 Å². The highest BCUT2D eigenvalue weighted by atomic mass is 32.1. The van der Waals surface area contributed by atoms with Gasteiger partial charge in [-0.2, -0.15) is 0 Å². The Bertz CT molecular complexity index is 399. The molecule has 92 valence electrons. The lowest BCUT2D eigenvalue weighted by Gasteiger charge is -2.57. The molecule has 2 heteroatoms. The molecule has 0 amide bonds. The van der Waals surface area contributed by atoms with Crippen LogP contribution < -0.4 is 5.73 Å². The number of thiophene rings is 1. The monoisotopic (exact) mass is 247 g/mol. The molecule has 0 unspecified atom stereocenters. The lowest BCUT2D eigenvalue weighted by Crippen LogP contribution is -2.46. The predicted molar refractivity (Wildman–Crippen MR) is 73.0 cm³/mol. The summed E-state index contributed by atoms with van der Waals surface area (Å²) in [6, 6.07) is 2.08. The number of anilines is 1. The Balaban J connectivity index is 1.62. The summed E-state index contributed by atoms with van der Waals surface area (Å²) < 4.78 is 0. The first-order valence-electron chi connectivity index (χ1n) is 7.04. The zero-order valence-corrected chi connectivity index (χ0v) is 11.1. The third-order valence-corrected chi connectivity index (χ3v) is 6.42. The molecule has 17 heavy (non-hydrogen) atoms. The average molecular weight is 247 g/mol. The SMILES string of the molecule is Nc1ccsc1CC12CC3CC(CC(C3)C1)C2. The Morgan fingerprint density at radius 1 is 1.12 bits per heavy atom. The topological polar surface area (TPSA) is 26.0 Å². The van der Waals surface area contributed by atoms with Gasteiger partial charge in [0.1, 0.15) is 0 Å². The lowest BCUT2D eigenvalue weighted by atomic mass is 9.49. The van der Waals surface area contributed by atoms with Gasteiger partial charge in [-0.05, 0) is 79.6 Å². The number of hydrogen-bond donors (Lipinski definition) is 1. The van der Waals surface area contributed by atoms with E-state index in [1.54, 1.807) is 0 Å². The van der Waals surface area contributed by atoms with Crippen LogP contribution >= 0.6 is 11.3 Å². The molecule has 0 aromatic carbocycles. The number of nitrogens with two attached hydrogens (primary N) is 1. The summed E-state index contributed by atoms with van der Waals surface area (Å²) in [6.07, 6.45) is 10.4. The number of nitrogen functional groups attached to an aromatic ring is 1. The molecule has 0 spiro atoms. The summed E-state index contributed by atoms with van der Waals surface area (Å²) in [5, 5.41) is 2.16. The Hall–Kier alpha value is -0.500. The largest absolute Gasteiger partial charge is 0.398 e. The molecule has 4 aliphatic carbocycles. The van der Waals surface area contributed by atoms with Crippen LogP contribution in [0.4, 0.5) is 5.69 Å². The van der Waals surface area contributed by atoms with Crippen LogP contribution in [0.15, 0.2) is 11.4 Å². The number of hydrogen-bond acceptors (Lipinski definition) is 2. The van der Waals surface area contributed by atoms with Gasteiger partial charge in [-0.25, -0.2) is 0 Å². The summed E-state index contributed by atoms with van der Waals surface area (Å²) in [5.74, 6) is 3.17. The van der Waals surface area contributed by atoms with E-state index in [-0.39, 0.29) is 0 Å². The molecule has 1 nitrogen and oxygen atoms in total. The molecule has 0 atom stereocenters. The van der Waals surface area contributed by atoms with Crippen molar-refractivity contribution >= 4 is 17.0 Å². The fourth-order valence-electron chi connectivity index (χ4n) is 5.34. The van der Waals surface area contributed by atoms with Gasteiger partial charge in [-0.1, -0.05) is 0 Å². The highest BCUT2D eigenvalue weighted by Crippen LogP contribution is 2.61. The molecule has 0 aliphatic heterocycles. The van der Waals surface area contributed by atoms with Gasteiger partial charge >= 0.3 is 0 Å². The molecule has 4 saturated carbocycles. The fraction of sp³-hybridized carbons (Fsp3) is 0.733. The molecular formula is C15H21NS. The summed E-state index contributed by atoms with van der Waals surface area (Å²) in [7, 11) is 0. The zero-order chi connectivity index (χ0) is 11.5. The normalized spacial score (nSPS) is 43.2. The molecule has 4 fully saturated rings. The van der Waals surface area contributed by atoms with E-state index in [4.69, 9.17) is 5.73 Å². The lowest BCUT2D eigenvalue weighted by molar-refractivity contribution is -0.0516. The van der Waals surface area contributed by atoms with E-state index in [1.165, 1.54) is 49.8 Å². The first-order valence-corrected chi connectivity index (χ1v) is 7.92. The van der Waals surface area contributed by atoms with E-state index in [0.717, 1.165) is 23.4 Å². The van der Waals surface area contributed by atoms with Gasteiger partial charge in [0, 0.05) is 10.6 Å². The smallest absolute Gasteiger partial charge is 0.0455 e. The molecular weight excluding hydrogens is 226 g/mol. The van der Waals surface area contributed by atoms with Crippen LogP contribution in [0.3, 0.4) is 0 Å². The Labute approximate surface area is 107 Å². The van der Waals surface area contributed by atoms with Crippen LogP contribution in [0, 0.1) is 23.2 Å². The highest BCUT2D eigenvalue weighted by molar-refractivity contribution is 7.10. The minimum atomic E-state index is 0.647. The van der Waals surface area contributed by atoms with Crippen molar-refractivity contribution in [1.29, 1.82) is 0 Å². The van der Waals surface area contributed by atoms with Crippen LogP contribution in [0.5, 0.6) is 0 Å². The van der Waals surface area contributed by atoms with Gasteiger partial charge in [-0.3, -0.25) is 0 Å². The van der Waals surface area contributed by atoms with Gasteiger partial charge in [0.15, 0.2) is 0 Å². The summed E-state index contributed by atoms with van der Waals surface area (Å²) in [6.45, 7) is 0. The van der Waals surface area contributed by atoms with E-state index < -0.39 is 0 Å². The molecule has 1 aromatic rings. The first-order chi connectivity index (χ1) is 8.22. The molecule has 5 rings (SSSR count). The van der Waals surface area contributed by atoms with Gasteiger partial charge in [0.2, 0.25) is 0 Å². The van der Waals surface area contributed by atoms with Crippen molar-refractivity contribution in [3.05, 3.63) is 16.3 Å². The molecule has 1 aromatic heterocycles. The van der Waals surface area contributed by atoms with E-state index in [9.17, 15) is 0 Å². The summed E-state index contributed by atoms with van der Waals surface area (Å²) in [4.78, 5) is 1.46. The minimum Gasteiger partial charge on any atom is -0.398 e. The third kappa shape index (κ3) is 1.64. The minimum absolute atomic E-state index is 0.647.